The Hall–Kier alpha value is -6.73. The Kier molecular flexibility index (Phi) is 10.5. The Labute approximate surface area is 448 Å². The number of rotatable bonds is 9. The minimum Gasteiger partial charge on any atom is -0.310 e. The Morgan fingerprint density at radius 1 is 0.413 bits per heavy atom. The van der Waals surface area contributed by atoms with Gasteiger partial charge >= 0.3 is 0 Å². The van der Waals surface area contributed by atoms with Gasteiger partial charge in [-0.15, -0.1) is 0 Å². The van der Waals surface area contributed by atoms with Gasteiger partial charge in [0.05, 0.1) is 38.9 Å². The highest BCUT2D eigenvalue weighted by Gasteiger charge is 2.42. The Bertz CT molecular complexity index is 3970. The molecule has 0 aliphatic heterocycles. The fourth-order valence-corrected chi connectivity index (χ4v) is 16.6. The predicted octanol–water partition coefficient (Wildman–Crippen LogP) is 19.0. The van der Waals surface area contributed by atoms with Gasteiger partial charge in [-0.05, 0) is 157 Å². The van der Waals surface area contributed by atoms with E-state index in [0.29, 0.717) is 0 Å². The van der Waals surface area contributed by atoms with E-state index >= 15 is 0 Å². The second-order valence-corrected chi connectivity index (χ2v) is 36.3. The second kappa shape index (κ2) is 16.4. The van der Waals surface area contributed by atoms with Crippen molar-refractivity contribution in [1.29, 1.82) is 0 Å². The molecular weight excluding hydrogens is 937 g/mol. The number of hydrogen-bond donors (Lipinski definition) is 0. The number of hydrogen-bond acceptors (Lipinski definition) is 2. The summed E-state index contributed by atoms with van der Waals surface area (Å²) < 4.78 is 0. The van der Waals surface area contributed by atoms with Crippen LogP contribution in [0.2, 0.25) is 39.3 Å². The van der Waals surface area contributed by atoms with Gasteiger partial charge in [-0.2, -0.15) is 0 Å². The van der Waals surface area contributed by atoms with Crippen molar-refractivity contribution in [1.82, 2.24) is 0 Å². The fraction of sp³-hybridized carbons (Fsp3) is 0.268. The summed E-state index contributed by atoms with van der Waals surface area (Å²) in [6, 6.07) is 64.7. The standard InChI is InChI=1S/C71H72N2Si2/c1-14-44-41-63(73(47-31-35-49(36-32-47)75(11,12)13)61-28-20-24-54-52-22-16-18-26-58(52)71(6,7)68(54)61)56-43-59-64-45(39-40-69(59,2)3)42-62(55-38-37-50(44)65(56)66(55)64)72(46-29-33-48(34-30-46)74(8,9)10)60-27-19-23-53-51-21-15-17-25-57(51)70(4,5)67(53)60/h15-38,41-43H,14,39-40H2,1-13H3. The summed E-state index contributed by atoms with van der Waals surface area (Å²) in [6.45, 7) is 31.9. The summed E-state index contributed by atoms with van der Waals surface area (Å²) in [5, 5.41) is 11.2. The first-order valence-corrected chi connectivity index (χ1v) is 34.8. The lowest BCUT2D eigenvalue weighted by molar-refractivity contribution is 0.475. The van der Waals surface area contributed by atoms with Crippen molar-refractivity contribution in [2.45, 2.75) is 123 Å². The monoisotopic (exact) mass is 1010 g/mol. The number of nitrogens with zero attached hydrogens (tertiary/aromatic N) is 2. The smallest absolute Gasteiger partial charge is 0.0775 e. The zero-order chi connectivity index (χ0) is 52.3. The summed E-state index contributed by atoms with van der Waals surface area (Å²) in [5.74, 6) is 0. The molecule has 3 aliphatic carbocycles. The van der Waals surface area contributed by atoms with E-state index < -0.39 is 16.1 Å². The van der Waals surface area contributed by atoms with Crippen LogP contribution >= 0.6 is 0 Å². The van der Waals surface area contributed by atoms with Crippen LogP contribution in [0.1, 0.15) is 93.8 Å². The second-order valence-electron chi connectivity index (χ2n) is 26.1. The average molecular weight is 1010 g/mol. The molecule has 0 heterocycles. The quantitative estimate of drug-likeness (QED) is 0.105. The first-order valence-electron chi connectivity index (χ1n) is 27.8. The molecule has 10 aromatic rings. The van der Waals surface area contributed by atoms with Gasteiger partial charge in [0.15, 0.2) is 0 Å². The van der Waals surface area contributed by atoms with Gasteiger partial charge < -0.3 is 9.80 Å². The van der Waals surface area contributed by atoms with E-state index in [4.69, 9.17) is 0 Å². The highest BCUT2D eigenvalue weighted by molar-refractivity contribution is 6.89. The van der Waals surface area contributed by atoms with Gasteiger partial charge in [-0.1, -0.05) is 207 Å². The van der Waals surface area contributed by atoms with Crippen LogP contribution in [0.15, 0.2) is 164 Å². The highest BCUT2D eigenvalue weighted by atomic mass is 28.3. The van der Waals surface area contributed by atoms with E-state index in [1.807, 2.05) is 0 Å². The Morgan fingerprint density at radius 2 is 0.880 bits per heavy atom. The predicted molar refractivity (Wildman–Crippen MR) is 331 cm³/mol. The average Bonchev–Trinajstić information content (AvgIpc) is 3.80. The molecular formula is C71H72N2Si2. The number of fused-ring (bicyclic) bond motifs is 6. The van der Waals surface area contributed by atoms with Crippen LogP contribution in [0.5, 0.6) is 0 Å². The van der Waals surface area contributed by atoms with Crippen molar-refractivity contribution < 1.29 is 0 Å². The number of aryl methyl sites for hydroxylation is 2. The molecule has 0 radical (unpaired) electrons. The normalized spacial score (nSPS) is 15.8. The molecule has 374 valence electrons. The Morgan fingerprint density at radius 3 is 1.37 bits per heavy atom. The molecule has 0 saturated carbocycles. The Balaban J connectivity index is 1.15. The van der Waals surface area contributed by atoms with Crippen molar-refractivity contribution in [3.05, 3.63) is 203 Å². The van der Waals surface area contributed by atoms with E-state index in [2.05, 4.69) is 261 Å². The van der Waals surface area contributed by atoms with E-state index in [0.717, 1.165) is 19.3 Å². The molecule has 0 bridgehead atoms. The summed E-state index contributed by atoms with van der Waals surface area (Å²) in [6.07, 6.45) is 3.04. The summed E-state index contributed by atoms with van der Waals surface area (Å²) in [7, 11) is -3.17. The third-order valence-corrected chi connectivity index (χ3v) is 22.4. The molecule has 2 nitrogen and oxygen atoms in total. The molecule has 0 unspecified atom stereocenters. The van der Waals surface area contributed by atoms with Crippen LogP contribution in [-0.4, -0.2) is 16.1 Å². The SMILES string of the molecule is CCc1cc(N(c2ccc([Si](C)(C)C)cc2)c2cccc3c2C(C)(C)c2ccccc2-3)c2cc3c4c(cc(N(c5ccc([Si](C)(C)C)cc5)c5cccc6c5C(C)(C)c5ccccc5-6)c5ccc1c2c54)CCC3(C)C. The molecule has 10 aromatic carbocycles. The minimum absolute atomic E-state index is 0.0359. The minimum atomic E-state index is -1.59. The van der Waals surface area contributed by atoms with Crippen LogP contribution in [-0.2, 0) is 29.1 Å². The lowest BCUT2D eigenvalue weighted by Gasteiger charge is -2.38. The van der Waals surface area contributed by atoms with Crippen LogP contribution < -0.4 is 20.2 Å². The third kappa shape index (κ3) is 7.01. The van der Waals surface area contributed by atoms with Crippen molar-refractivity contribution in [3.8, 4) is 22.3 Å². The maximum Gasteiger partial charge on any atom is 0.0775 e. The molecule has 0 fully saturated rings. The van der Waals surface area contributed by atoms with Gasteiger partial charge in [-0.3, -0.25) is 0 Å². The van der Waals surface area contributed by atoms with Crippen molar-refractivity contribution in [3.63, 3.8) is 0 Å². The van der Waals surface area contributed by atoms with E-state index in [1.54, 1.807) is 0 Å². The largest absolute Gasteiger partial charge is 0.310 e. The summed E-state index contributed by atoms with van der Waals surface area (Å²) >= 11 is 0. The number of anilines is 6. The van der Waals surface area contributed by atoms with E-state index in [-0.39, 0.29) is 16.2 Å². The van der Waals surface area contributed by atoms with Crippen molar-refractivity contribution >= 4 is 93.0 Å². The van der Waals surface area contributed by atoms with Crippen molar-refractivity contribution in [2.75, 3.05) is 9.80 Å². The molecule has 3 aliphatic rings. The zero-order valence-corrected chi connectivity index (χ0v) is 48.6. The topological polar surface area (TPSA) is 6.48 Å². The van der Waals surface area contributed by atoms with Gasteiger partial charge in [-0.25, -0.2) is 0 Å². The van der Waals surface area contributed by atoms with Crippen LogP contribution in [0, 0.1) is 0 Å². The fourth-order valence-electron chi connectivity index (χ4n) is 14.2. The first kappa shape index (κ1) is 48.0. The molecule has 0 spiro atoms. The van der Waals surface area contributed by atoms with E-state index in [9.17, 15) is 0 Å². The van der Waals surface area contributed by atoms with Crippen molar-refractivity contribution in [2.24, 2.45) is 0 Å². The molecule has 75 heavy (non-hydrogen) atoms. The number of benzene rings is 10. The summed E-state index contributed by atoms with van der Waals surface area (Å²) in [5.41, 5.74) is 22.3. The molecule has 0 amide bonds. The van der Waals surface area contributed by atoms with Gasteiger partial charge in [0, 0.05) is 38.4 Å². The maximum atomic E-state index is 2.68. The van der Waals surface area contributed by atoms with Crippen LogP contribution in [0.25, 0.3) is 54.6 Å². The van der Waals surface area contributed by atoms with Gasteiger partial charge in [0.25, 0.3) is 0 Å². The first-order chi connectivity index (χ1) is 35.7. The highest BCUT2D eigenvalue weighted by Crippen LogP contribution is 2.59. The van der Waals surface area contributed by atoms with E-state index in [1.165, 1.54) is 138 Å². The molecule has 0 aromatic heterocycles. The maximum absolute atomic E-state index is 2.68. The lowest BCUT2D eigenvalue weighted by Crippen LogP contribution is -2.37. The molecule has 0 N–H and O–H groups in total. The van der Waals surface area contributed by atoms with Gasteiger partial charge in [0.1, 0.15) is 0 Å². The van der Waals surface area contributed by atoms with Crippen LogP contribution in [0.3, 0.4) is 0 Å². The summed E-state index contributed by atoms with van der Waals surface area (Å²) in [4.78, 5) is 5.35. The lowest BCUT2D eigenvalue weighted by atomic mass is 9.70. The molecule has 13 rings (SSSR count). The van der Waals surface area contributed by atoms with Crippen LogP contribution in [0.4, 0.5) is 34.1 Å². The molecule has 4 heteroatoms. The van der Waals surface area contributed by atoms with Gasteiger partial charge in [0.2, 0.25) is 0 Å². The molecule has 0 atom stereocenters. The zero-order valence-electron chi connectivity index (χ0n) is 46.6. The third-order valence-electron chi connectivity index (χ3n) is 18.3. The molecule has 0 saturated heterocycles.